The second-order valence-electron chi connectivity index (χ2n) is 7.40. The van der Waals surface area contributed by atoms with Crippen LogP contribution in [0.3, 0.4) is 0 Å². The average Bonchev–Trinajstić information content (AvgIpc) is 2.99. The lowest BCUT2D eigenvalue weighted by atomic mass is 9.77. The minimum atomic E-state index is 0.0560. The van der Waals surface area contributed by atoms with E-state index in [1.54, 1.807) is 0 Å². The van der Waals surface area contributed by atoms with E-state index >= 15 is 0 Å². The Bertz CT molecular complexity index is 279. The van der Waals surface area contributed by atoms with Gasteiger partial charge in [0, 0.05) is 19.2 Å². The molecule has 0 amide bonds. The summed E-state index contributed by atoms with van der Waals surface area (Å²) in [5, 5.41) is 3.61. The molecule has 0 aromatic rings. The molecule has 1 aliphatic carbocycles. The van der Waals surface area contributed by atoms with Crippen molar-refractivity contribution in [3.63, 3.8) is 0 Å². The Hall–Kier alpha value is -0.120. The summed E-state index contributed by atoms with van der Waals surface area (Å²) >= 11 is 0. The molecule has 0 bridgehead atoms. The van der Waals surface area contributed by atoms with Crippen LogP contribution in [0.25, 0.3) is 0 Å². The molecule has 1 heterocycles. The molecule has 2 aliphatic rings. The summed E-state index contributed by atoms with van der Waals surface area (Å²) in [5.74, 6) is 0.925. The molecule has 0 radical (unpaired) electrons. The molecular formula is C18H35NO2. The zero-order valence-electron chi connectivity index (χ0n) is 14.3. The maximum atomic E-state index is 6.44. The highest BCUT2D eigenvalue weighted by Gasteiger charge is 2.36. The van der Waals surface area contributed by atoms with Crippen molar-refractivity contribution in [3.05, 3.63) is 0 Å². The van der Waals surface area contributed by atoms with Gasteiger partial charge in [0.25, 0.3) is 0 Å². The summed E-state index contributed by atoms with van der Waals surface area (Å²) in [5.41, 5.74) is 0.0560. The quantitative estimate of drug-likeness (QED) is 0.737. The Balaban J connectivity index is 1.84. The van der Waals surface area contributed by atoms with Crippen LogP contribution >= 0.6 is 0 Å². The van der Waals surface area contributed by atoms with Gasteiger partial charge >= 0.3 is 0 Å². The van der Waals surface area contributed by atoms with E-state index in [9.17, 15) is 0 Å². The van der Waals surface area contributed by atoms with Crippen LogP contribution in [0, 0.1) is 5.92 Å². The second-order valence-corrected chi connectivity index (χ2v) is 7.40. The molecule has 124 valence electrons. The van der Waals surface area contributed by atoms with E-state index < -0.39 is 0 Å². The van der Waals surface area contributed by atoms with E-state index in [1.165, 1.54) is 51.4 Å². The third-order valence-corrected chi connectivity index (χ3v) is 5.15. The Kier molecular flexibility index (Phi) is 6.97. The van der Waals surface area contributed by atoms with E-state index in [2.05, 4.69) is 26.1 Å². The molecule has 3 nitrogen and oxygen atoms in total. The van der Waals surface area contributed by atoms with E-state index in [-0.39, 0.29) is 5.60 Å². The zero-order valence-corrected chi connectivity index (χ0v) is 14.3. The largest absolute Gasteiger partial charge is 0.376 e. The topological polar surface area (TPSA) is 30.5 Å². The molecule has 1 saturated carbocycles. The fourth-order valence-corrected chi connectivity index (χ4v) is 3.71. The van der Waals surface area contributed by atoms with Crippen molar-refractivity contribution in [3.8, 4) is 0 Å². The van der Waals surface area contributed by atoms with Gasteiger partial charge in [-0.1, -0.05) is 33.6 Å². The van der Waals surface area contributed by atoms with Gasteiger partial charge in [-0.3, -0.25) is 0 Å². The molecule has 1 aliphatic heterocycles. The van der Waals surface area contributed by atoms with Crippen LogP contribution in [0.4, 0.5) is 0 Å². The highest BCUT2D eigenvalue weighted by atomic mass is 16.5. The number of rotatable bonds is 8. The Morgan fingerprint density at radius 1 is 1.24 bits per heavy atom. The van der Waals surface area contributed by atoms with E-state index in [0.29, 0.717) is 12.1 Å². The smallest absolute Gasteiger partial charge is 0.0809 e. The van der Waals surface area contributed by atoms with Gasteiger partial charge in [0.1, 0.15) is 0 Å². The molecule has 1 N–H and O–H groups in total. The molecule has 0 aromatic carbocycles. The van der Waals surface area contributed by atoms with Crippen LogP contribution in [-0.4, -0.2) is 37.5 Å². The summed E-state index contributed by atoms with van der Waals surface area (Å²) in [7, 11) is 0. The van der Waals surface area contributed by atoms with Gasteiger partial charge in [0.15, 0.2) is 0 Å². The van der Waals surface area contributed by atoms with E-state index in [0.717, 1.165) is 25.7 Å². The number of ether oxygens (including phenoxy) is 2. The van der Waals surface area contributed by atoms with Gasteiger partial charge in [-0.05, 0) is 44.4 Å². The van der Waals surface area contributed by atoms with Gasteiger partial charge in [0.05, 0.1) is 18.3 Å². The molecular weight excluding hydrogens is 262 g/mol. The van der Waals surface area contributed by atoms with Crippen molar-refractivity contribution in [2.75, 3.05) is 19.8 Å². The van der Waals surface area contributed by atoms with Crippen molar-refractivity contribution < 1.29 is 9.47 Å². The SMILES string of the molecule is CCCC1CCC(CNC(C)C)(OCC2CCCO2)CC1. The summed E-state index contributed by atoms with van der Waals surface area (Å²) < 4.78 is 12.2. The summed E-state index contributed by atoms with van der Waals surface area (Å²) in [6, 6.07) is 0.529. The summed E-state index contributed by atoms with van der Waals surface area (Å²) in [4.78, 5) is 0. The lowest BCUT2D eigenvalue weighted by Gasteiger charge is -2.41. The van der Waals surface area contributed by atoms with Gasteiger partial charge in [-0.2, -0.15) is 0 Å². The number of hydrogen-bond acceptors (Lipinski definition) is 3. The Morgan fingerprint density at radius 3 is 2.57 bits per heavy atom. The van der Waals surface area contributed by atoms with E-state index in [1.807, 2.05) is 0 Å². The highest BCUT2D eigenvalue weighted by Crippen LogP contribution is 2.37. The fourth-order valence-electron chi connectivity index (χ4n) is 3.71. The molecule has 21 heavy (non-hydrogen) atoms. The van der Waals surface area contributed by atoms with Crippen molar-refractivity contribution in [1.82, 2.24) is 5.32 Å². The van der Waals surface area contributed by atoms with Crippen molar-refractivity contribution >= 4 is 0 Å². The average molecular weight is 297 g/mol. The van der Waals surface area contributed by atoms with E-state index in [4.69, 9.17) is 9.47 Å². The maximum absolute atomic E-state index is 6.44. The molecule has 0 aromatic heterocycles. The summed E-state index contributed by atoms with van der Waals surface area (Å²) in [6.45, 7) is 9.45. The number of hydrogen-bond donors (Lipinski definition) is 1. The van der Waals surface area contributed by atoms with Gasteiger partial charge in [-0.25, -0.2) is 0 Å². The molecule has 3 heteroatoms. The predicted molar refractivity (Wildman–Crippen MR) is 87.7 cm³/mol. The van der Waals surface area contributed by atoms with Crippen LogP contribution in [-0.2, 0) is 9.47 Å². The highest BCUT2D eigenvalue weighted by molar-refractivity contribution is 4.90. The van der Waals surface area contributed by atoms with Crippen LogP contribution in [0.15, 0.2) is 0 Å². The lowest BCUT2D eigenvalue weighted by molar-refractivity contribution is -0.107. The minimum Gasteiger partial charge on any atom is -0.376 e. The van der Waals surface area contributed by atoms with Crippen LogP contribution in [0.2, 0.25) is 0 Å². The first kappa shape index (κ1) is 17.2. The first-order valence-electron chi connectivity index (χ1n) is 9.12. The molecule has 1 saturated heterocycles. The van der Waals surface area contributed by atoms with Gasteiger partial charge in [-0.15, -0.1) is 0 Å². The zero-order chi connectivity index (χ0) is 15.1. The Morgan fingerprint density at radius 2 is 2.00 bits per heavy atom. The normalized spacial score (nSPS) is 33.7. The monoisotopic (exact) mass is 297 g/mol. The molecule has 1 atom stereocenters. The molecule has 2 rings (SSSR count). The van der Waals surface area contributed by atoms with Crippen LogP contribution < -0.4 is 5.32 Å². The fraction of sp³-hybridized carbons (Fsp3) is 1.00. The van der Waals surface area contributed by atoms with Crippen LogP contribution in [0.1, 0.15) is 72.1 Å². The van der Waals surface area contributed by atoms with Gasteiger partial charge < -0.3 is 14.8 Å². The standard InChI is InChI=1S/C18H35NO2/c1-4-6-16-8-10-18(11-9-16,14-19-15(2)3)21-13-17-7-5-12-20-17/h15-17,19H,4-14H2,1-3H3. The van der Waals surface area contributed by atoms with Gasteiger partial charge in [0.2, 0.25) is 0 Å². The third-order valence-electron chi connectivity index (χ3n) is 5.15. The predicted octanol–water partition coefficient (Wildman–Crippen LogP) is 3.91. The first-order valence-corrected chi connectivity index (χ1v) is 9.12. The second kappa shape index (κ2) is 8.50. The third kappa shape index (κ3) is 5.54. The lowest BCUT2D eigenvalue weighted by Crippen LogP contribution is -2.48. The maximum Gasteiger partial charge on any atom is 0.0809 e. The minimum absolute atomic E-state index is 0.0560. The Labute approximate surface area is 131 Å². The molecule has 2 fully saturated rings. The van der Waals surface area contributed by atoms with Crippen molar-refractivity contribution in [1.29, 1.82) is 0 Å². The first-order chi connectivity index (χ1) is 10.1. The van der Waals surface area contributed by atoms with Crippen molar-refractivity contribution in [2.24, 2.45) is 5.92 Å². The van der Waals surface area contributed by atoms with Crippen molar-refractivity contribution in [2.45, 2.75) is 89.9 Å². The number of nitrogens with one attached hydrogen (secondary N) is 1. The van der Waals surface area contributed by atoms with Crippen LogP contribution in [0.5, 0.6) is 0 Å². The summed E-state index contributed by atoms with van der Waals surface area (Å²) in [6.07, 6.45) is 10.5. The molecule has 0 spiro atoms. The molecule has 1 unspecified atom stereocenters.